The Morgan fingerprint density at radius 3 is 2.00 bits per heavy atom. The number of nitriles is 1. The summed E-state index contributed by atoms with van der Waals surface area (Å²) in [6.07, 6.45) is 2.46. The highest BCUT2D eigenvalue weighted by molar-refractivity contribution is 5.41. The number of rotatable bonds is 2. The lowest BCUT2D eigenvalue weighted by atomic mass is 9.75. The van der Waals surface area contributed by atoms with E-state index in [4.69, 9.17) is 5.26 Å². The van der Waals surface area contributed by atoms with Crippen molar-refractivity contribution in [3.05, 3.63) is 35.4 Å². The van der Waals surface area contributed by atoms with Crippen LogP contribution in [0.5, 0.6) is 0 Å². The lowest BCUT2D eigenvalue weighted by Gasteiger charge is -2.29. The molecular formula is C17H23N. The highest BCUT2D eigenvalue weighted by atomic mass is 14.7. The highest BCUT2D eigenvalue weighted by Crippen LogP contribution is 2.68. The summed E-state index contributed by atoms with van der Waals surface area (Å²) in [7, 11) is 0. The summed E-state index contributed by atoms with van der Waals surface area (Å²) in [5.74, 6) is 0. The van der Waals surface area contributed by atoms with E-state index in [2.05, 4.69) is 52.8 Å². The fourth-order valence-corrected chi connectivity index (χ4v) is 3.38. The van der Waals surface area contributed by atoms with Crippen LogP contribution >= 0.6 is 0 Å². The average molecular weight is 241 g/mol. The van der Waals surface area contributed by atoms with Gasteiger partial charge in [-0.25, -0.2) is 0 Å². The summed E-state index contributed by atoms with van der Waals surface area (Å²) in [6, 6.07) is 10.4. The molecule has 0 heterocycles. The zero-order chi connectivity index (χ0) is 13.6. The van der Waals surface area contributed by atoms with E-state index in [0.717, 1.165) is 5.56 Å². The van der Waals surface area contributed by atoms with E-state index in [-0.39, 0.29) is 0 Å². The van der Waals surface area contributed by atoms with Gasteiger partial charge >= 0.3 is 0 Å². The van der Waals surface area contributed by atoms with Gasteiger partial charge in [0.05, 0.1) is 11.6 Å². The van der Waals surface area contributed by atoms with Crippen LogP contribution in [0.1, 0.15) is 58.6 Å². The molecule has 1 atom stereocenters. The van der Waals surface area contributed by atoms with Gasteiger partial charge in [-0.3, -0.25) is 0 Å². The van der Waals surface area contributed by atoms with Gasteiger partial charge in [-0.2, -0.15) is 5.26 Å². The molecule has 1 nitrogen and oxygen atoms in total. The van der Waals surface area contributed by atoms with Crippen LogP contribution in [0.2, 0.25) is 0 Å². The van der Waals surface area contributed by atoms with Crippen molar-refractivity contribution in [3.63, 3.8) is 0 Å². The van der Waals surface area contributed by atoms with Crippen LogP contribution in [0.25, 0.3) is 0 Å². The second-order valence-electron chi connectivity index (χ2n) is 7.57. The summed E-state index contributed by atoms with van der Waals surface area (Å²) >= 11 is 0. The molecule has 96 valence electrons. The van der Waals surface area contributed by atoms with Crippen LogP contribution in [-0.2, 0) is 5.41 Å². The normalized spacial score (nSPS) is 25.6. The topological polar surface area (TPSA) is 23.8 Å². The van der Waals surface area contributed by atoms with Crippen molar-refractivity contribution in [2.45, 2.75) is 52.9 Å². The maximum atomic E-state index is 8.89. The Morgan fingerprint density at radius 2 is 1.67 bits per heavy atom. The molecule has 0 spiro atoms. The molecule has 18 heavy (non-hydrogen) atoms. The molecule has 0 aromatic heterocycles. The van der Waals surface area contributed by atoms with Gasteiger partial charge in [0.15, 0.2) is 0 Å². The van der Waals surface area contributed by atoms with Crippen LogP contribution in [0, 0.1) is 22.2 Å². The molecule has 0 bridgehead atoms. The standard InChI is InChI=1S/C17H23N/c1-15(2,3)11-17(12-16(17,4)5)14-8-6-13(10-18)7-9-14/h6-9H,11-12H2,1-5H3. The molecule has 1 aromatic carbocycles. The Kier molecular flexibility index (Phi) is 2.81. The Hall–Kier alpha value is -1.29. The molecule has 1 aliphatic carbocycles. The Morgan fingerprint density at radius 1 is 1.17 bits per heavy atom. The number of hydrogen-bond acceptors (Lipinski definition) is 1. The summed E-state index contributed by atoms with van der Waals surface area (Å²) in [5, 5.41) is 8.89. The Bertz CT molecular complexity index is 482. The van der Waals surface area contributed by atoms with Gasteiger partial charge in [0.2, 0.25) is 0 Å². The maximum absolute atomic E-state index is 8.89. The third-order valence-electron chi connectivity index (χ3n) is 4.31. The molecular weight excluding hydrogens is 218 g/mol. The van der Waals surface area contributed by atoms with Crippen LogP contribution in [0.3, 0.4) is 0 Å². The molecule has 0 N–H and O–H groups in total. The number of nitrogens with zero attached hydrogens (tertiary/aromatic N) is 1. The maximum Gasteiger partial charge on any atom is 0.0991 e. The minimum absolute atomic E-state index is 0.305. The van der Waals surface area contributed by atoms with Gasteiger partial charge in [-0.1, -0.05) is 46.8 Å². The van der Waals surface area contributed by atoms with Crippen LogP contribution in [0.4, 0.5) is 0 Å². The first-order chi connectivity index (χ1) is 8.20. The molecule has 1 saturated carbocycles. The summed E-state index contributed by atoms with van der Waals surface area (Å²) in [6.45, 7) is 11.7. The van der Waals surface area contributed by atoms with Gasteiger partial charge in [-0.15, -0.1) is 0 Å². The fraction of sp³-hybridized carbons (Fsp3) is 0.588. The van der Waals surface area contributed by atoms with Crippen molar-refractivity contribution in [1.82, 2.24) is 0 Å². The first-order valence-corrected chi connectivity index (χ1v) is 6.71. The van der Waals surface area contributed by atoms with Crippen molar-refractivity contribution in [2.75, 3.05) is 0 Å². The molecule has 0 radical (unpaired) electrons. The van der Waals surface area contributed by atoms with Gasteiger partial charge in [0.25, 0.3) is 0 Å². The molecule has 1 aromatic rings. The lowest BCUT2D eigenvalue weighted by Crippen LogP contribution is -2.22. The third kappa shape index (κ3) is 2.17. The Labute approximate surface area is 111 Å². The quantitative estimate of drug-likeness (QED) is 0.738. The highest BCUT2D eigenvalue weighted by Gasteiger charge is 2.62. The zero-order valence-corrected chi connectivity index (χ0v) is 12.2. The van der Waals surface area contributed by atoms with Gasteiger partial charge in [-0.05, 0) is 41.4 Å². The predicted molar refractivity (Wildman–Crippen MR) is 75.3 cm³/mol. The molecule has 1 aliphatic rings. The van der Waals surface area contributed by atoms with Crippen molar-refractivity contribution >= 4 is 0 Å². The lowest BCUT2D eigenvalue weighted by molar-refractivity contribution is 0.296. The number of hydrogen-bond donors (Lipinski definition) is 0. The summed E-state index contributed by atoms with van der Waals surface area (Å²) < 4.78 is 0. The van der Waals surface area contributed by atoms with Crippen molar-refractivity contribution in [2.24, 2.45) is 10.8 Å². The van der Waals surface area contributed by atoms with E-state index in [0.29, 0.717) is 16.2 Å². The van der Waals surface area contributed by atoms with E-state index in [1.165, 1.54) is 18.4 Å². The van der Waals surface area contributed by atoms with Crippen LogP contribution in [-0.4, -0.2) is 0 Å². The molecule has 0 amide bonds. The minimum atomic E-state index is 0.305. The molecule has 2 rings (SSSR count). The largest absolute Gasteiger partial charge is 0.192 e. The average Bonchev–Trinajstić information content (AvgIpc) is 2.79. The SMILES string of the molecule is CC(C)(C)CC1(c2ccc(C#N)cc2)CC1(C)C. The van der Waals surface area contributed by atoms with Gasteiger partial charge in [0, 0.05) is 5.41 Å². The second kappa shape index (κ2) is 3.85. The summed E-state index contributed by atoms with van der Waals surface area (Å²) in [5.41, 5.74) is 3.18. The molecule has 1 fully saturated rings. The fourth-order valence-electron chi connectivity index (χ4n) is 3.38. The first-order valence-electron chi connectivity index (χ1n) is 6.71. The third-order valence-corrected chi connectivity index (χ3v) is 4.31. The van der Waals surface area contributed by atoms with Crippen molar-refractivity contribution < 1.29 is 0 Å². The second-order valence-corrected chi connectivity index (χ2v) is 7.57. The Balaban J connectivity index is 2.35. The van der Waals surface area contributed by atoms with E-state index >= 15 is 0 Å². The first kappa shape index (κ1) is 13.1. The van der Waals surface area contributed by atoms with E-state index < -0.39 is 0 Å². The zero-order valence-electron chi connectivity index (χ0n) is 12.2. The van der Waals surface area contributed by atoms with Gasteiger partial charge < -0.3 is 0 Å². The van der Waals surface area contributed by atoms with Crippen molar-refractivity contribution in [1.29, 1.82) is 5.26 Å². The van der Waals surface area contributed by atoms with Crippen LogP contribution in [0.15, 0.2) is 24.3 Å². The van der Waals surface area contributed by atoms with E-state index in [1.807, 2.05) is 12.1 Å². The molecule has 0 aliphatic heterocycles. The van der Waals surface area contributed by atoms with E-state index in [9.17, 15) is 0 Å². The van der Waals surface area contributed by atoms with Crippen LogP contribution < -0.4 is 0 Å². The van der Waals surface area contributed by atoms with Crippen molar-refractivity contribution in [3.8, 4) is 6.07 Å². The monoisotopic (exact) mass is 241 g/mol. The number of benzene rings is 1. The molecule has 1 heteroatoms. The molecule has 0 saturated heterocycles. The minimum Gasteiger partial charge on any atom is -0.192 e. The molecule has 1 unspecified atom stereocenters. The van der Waals surface area contributed by atoms with Gasteiger partial charge in [0.1, 0.15) is 0 Å². The predicted octanol–water partition coefficient (Wildman–Crippen LogP) is 4.66. The smallest absolute Gasteiger partial charge is 0.0991 e. The summed E-state index contributed by atoms with van der Waals surface area (Å²) in [4.78, 5) is 0. The van der Waals surface area contributed by atoms with E-state index in [1.54, 1.807) is 0 Å².